The number of nitrogens with zero attached hydrogens (tertiary/aromatic N) is 2. The quantitative estimate of drug-likeness (QED) is 0.896. The van der Waals surface area contributed by atoms with Gasteiger partial charge in [-0.25, -0.2) is 4.98 Å². The zero-order valence-electron chi connectivity index (χ0n) is 10.4. The summed E-state index contributed by atoms with van der Waals surface area (Å²) in [5, 5.41) is 2.80. The minimum atomic E-state index is -4.12. The largest absolute Gasteiger partial charge is 0.390 e. The Labute approximate surface area is 104 Å². The molecule has 2 rings (SSSR count). The molecule has 1 aliphatic rings. The van der Waals surface area contributed by atoms with E-state index in [1.54, 1.807) is 0 Å². The summed E-state index contributed by atoms with van der Waals surface area (Å²) < 4.78 is 38.3. The van der Waals surface area contributed by atoms with Gasteiger partial charge in [0.1, 0.15) is 0 Å². The van der Waals surface area contributed by atoms with Crippen LogP contribution in [-0.2, 0) is 0 Å². The molecule has 1 aromatic heterocycles. The Hall–Kier alpha value is -1.20. The average Bonchev–Trinajstić information content (AvgIpc) is 2.85. The summed E-state index contributed by atoms with van der Waals surface area (Å²) in [5.74, 6) is 0.573. The molecule has 1 aromatic rings. The van der Waals surface area contributed by atoms with Crippen LogP contribution in [0.1, 0.15) is 43.8 Å². The number of rotatable bonds is 4. The van der Waals surface area contributed by atoms with Crippen molar-refractivity contribution in [3.63, 3.8) is 0 Å². The highest BCUT2D eigenvalue weighted by atomic mass is 19.4. The molecule has 0 saturated heterocycles. The zero-order valence-corrected chi connectivity index (χ0v) is 10.4. The summed E-state index contributed by atoms with van der Waals surface area (Å²) in [7, 11) is 0. The molecule has 1 saturated carbocycles. The number of aryl methyl sites for hydroxylation is 1. The van der Waals surface area contributed by atoms with Crippen LogP contribution in [0.15, 0.2) is 6.20 Å². The van der Waals surface area contributed by atoms with Crippen LogP contribution >= 0.6 is 0 Å². The Bertz CT molecular complexity index is 392. The van der Waals surface area contributed by atoms with Crippen LogP contribution in [0, 0.1) is 6.92 Å². The van der Waals surface area contributed by atoms with Crippen LogP contribution in [0.2, 0.25) is 0 Å². The fraction of sp³-hybridized carbons (Fsp3) is 0.750. The van der Waals surface area contributed by atoms with Gasteiger partial charge in [-0.2, -0.15) is 13.2 Å². The molecule has 1 heterocycles. The molecule has 0 atom stereocenters. The highest BCUT2D eigenvalue weighted by Gasteiger charge is 2.27. The van der Waals surface area contributed by atoms with Crippen LogP contribution in [-0.4, -0.2) is 22.3 Å². The normalized spacial score (nSPS) is 17.3. The molecule has 0 radical (unpaired) electrons. The van der Waals surface area contributed by atoms with E-state index in [1.807, 2.05) is 17.7 Å². The van der Waals surface area contributed by atoms with Gasteiger partial charge in [0.15, 0.2) is 0 Å². The van der Waals surface area contributed by atoms with Crippen molar-refractivity contribution in [1.82, 2.24) is 9.55 Å². The fourth-order valence-electron chi connectivity index (χ4n) is 2.42. The zero-order chi connectivity index (χ0) is 13.2. The first kappa shape index (κ1) is 13.2. The van der Waals surface area contributed by atoms with Crippen molar-refractivity contribution in [2.75, 3.05) is 11.9 Å². The second-order valence-corrected chi connectivity index (χ2v) is 4.84. The van der Waals surface area contributed by atoms with E-state index in [4.69, 9.17) is 0 Å². The van der Waals surface area contributed by atoms with Gasteiger partial charge < -0.3 is 9.88 Å². The first-order valence-corrected chi connectivity index (χ1v) is 6.32. The molecule has 1 N–H and O–H groups in total. The number of anilines is 1. The van der Waals surface area contributed by atoms with Crippen LogP contribution in [0.4, 0.5) is 19.1 Å². The van der Waals surface area contributed by atoms with Crippen molar-refractivity contribution in [3.8, 4) is 0 Å². The summed E-state index contributed by atoms with van der Waals surface area (Å²) >= 11 is 0. The lowest BCUT2D eigenvalue weighted by Gasteiger charge is -2.16. The summed E-state index contributed by atoms with van der Waals surface area (Å²) in [6, 6.07) is 0.389. The van der Waals surface area contributed by atoms with Crippen molar-refractivity contribution < 1.29 is 13.2 Å². The van der Waals surface area contributed by atoms with E-state index >= 15 is 0 Å². The number of alkyl halides is 3. The Kier molecular flexibility index (Phi) is 3.82. The molecule has 1 fully saturated rings. The molecule has 6 heteroatoms. The van der Waals surface area contributed by atoms with Crippen LogP contribution in [0.5, 0.6) is 0 Å². The smallest absolute Gasteiger partial charge is 0.355 e. The molecule has 1 aliphatic carbocycles. The van der Waals surface area contributed by atoms with Gasteiger partial charge in [0.25, 0.3) is 0 Å². The van der Waals surface area contributed by atoms with Gasteiger partial charge in [-0.15, -0.1) is 0 Å². The third-order valence-corrected chi connectivity index (χ3v) is 3.26. The summed E-state index contributed by atoms with van der Waals surface area (Å²) in [4.78, 5) is 4.26. The highest BCUT2D eigenvalue weighted by Crippen LogP contribution is 2.32. The van der Waals surface area contributed by atoms with Crippen molar-refractivity contribution >= 4 is 5.95 Å². The molecule has 0 spiro atoms. The van der Waals surface area contributed by atoms with E-state index in [1.165, 1.54) is 12.8 Å². The molecule has 0 unspecified atom stereocenters. The molecule has 0 amide bonds. The second kappa shape index (κ2) is 5.20. The van der Waals surface area contributed by atoms with Gasteiger partial charge in [-0.3, -0.25) is 0 Å². The first-order chi connectivity index (χ1) is 8.46. The van der Waals surface area contributed by atoms with E-state index < -0.39 is 12.6 Å². The maximum absolute atomic E-state index is 12.1. The molecular weight excluding hydrogens is 243 g/mol. The Morgan fingerprint density at radius 2 is 2.06 bits per heavy atom. The Balaban J connectivity index is 1.98. The molecule has 102 valence electrons. The Morgan fingerprint density at radius 3 is 2.67 bits per heavy atom. The van der Waals surface area contributed by atoms with E-state index in [-0.39, 0.29) is 6.54 Å². The minimum Gasteiger partial charge on any atom is -0.355 e. The minimum absolute atomic E-state index is 0.118. The molecule has 0 aromatic carbocycles. The number of hydrogen-bond donors (Lipinski definition) is 1. The SMILES string of the molecule is Cc1cn(C2CCCC2)c(NCCC(F)(F)F)n1. The summed E-state index contributed by atoms with van der Waals surface area (Å²) in [6.07, 6.45) is 1.52. The Morgan fingerprint density at radius 1 is 1.39 bits per heavy atom. The average molecular weight is 261 g/mol. The van der Waals surface area contributed by atoms with Crippen molar-refractivity contribution in [2.45, 2.75) is 51.2 Å². The van der Waals surface area contributed by atoms with Crippen LogP contribution < -0.4 is 5.32 Å². The first-order valence-electron chi connectivity index (χ1n) is 6.32. The highest BCUT2D eigenvalue weighted by molar-refractivity contribution is 5.29. The lowest BCUT2D eigenvalue weighted by Crippen LogP contribution is -2.17. The van der Waals surface area contributed by atoms with E-state index in [0.29, 0.717) is 12.0 Å². The molecule has 0 aliphatic heterocycles. The van der Waals surface area contributed by atoms with Crippen molar-refractivity contribution in [2.24, 2.45) is 0 Å². The number of nitrogens with one attached hydrogen (secondary N) is 1. The van der Waals surface area contributed by atoms with Gasteiger partial charge in [0, 0.05) is 18.8 Å². The van der Waals surface area contributed by atoms with E-state index in [2.05, 4.69) is 10.3 Å². The predicted molar refractivity (Wildman–Crippen MR) is 63.6 cm³/mol. The third-order valence-electron chi connectivity index (χ3n) is 3.26. The number of halogens is 3. The van der Waals surface area contributed by atoms with Gasteiger partial charge in [0.2, 0.25) is 5.95 Å². The van der Waals surface area contributed by atoms with Crippen molar-refractivity contribution in [3.05, 3.63) is 11.9 Å². The van der Waals surface area contributed by atoms with Gasteiger partial charge >= 0.3 is 6.18 Å². The van der Waals surface area contributed by atoms with Crippen LogP contribution in [0.3, 0.4) is 0 Å². The maximum atomic E-state index is 12.1. The number of imidazole rings is 1. The van der Waals surface area contributed by atoms with Gasteiger partial charge in [-0.05, 0) is 19.8 Å². The molecule has 3 nitrogen and oxygen atoms in total. The maximum Gasteiger partial charge on any atom is 0.390 e. The van der Waals surface area contributed by atoms with E-state index in [9.17, 15) is 13.2 Å². The summed E-state index contributed by atoms with van der Waals surface area (Å²) in [6.45, 7) is 1.74. The summed E-state index contributed by atoms with van der Waals surface area (Å²) in [5.41, 5.74) is 0.844. The van der Waals surface area contributed by atoms with Crippen LogP contribution in [0.25, 0.3) is 0 Å². The monoisotopic (exact) mass is 261 g/mol. The lowest BCUT2D eigenvalue weighted by molar-refractivity contribution is -0.131. The lowest BCUT2D eigenvalue weighted by atomic mass is 10.2. The standard InChI is InChI=1S/C12H18F3N3/c1-9-8-18(10-4-2-3-5-10)11(17-9)16-7-6-12(13,14)15/h8,10H,2-7H2,1H3,(H,16,17). The fourth-order valence-corrected chi connectivity index (χ4v) is 2.42. The molecule has 18 heavy (non-hydrogen) atoms. The van der Waals surface area contributed by atoms with Gasteiger partial charge in [-0.1, -0.05) is 12.8 Å². The topological polar surface area (TPSA) is 29.9 Å². The van der Waals surface area contributed by atoms with Gasteiger partial charge in [0.05, 0.1) is 12.1 Å². The molecular formula is C12H18F3N3. The third kappa shape index (κ3) is 3.40. The number of aromatic nitrogens is 2. The number of hydrogen-bond acceptors (Lipinski definition) is 2. The van der Waals surface area contributed by atoms with E-state index in [0.717, 1.165) is 18.5 Å². The van der Waals surface area contributed by atoms with Crippen molar-refractivity contribution in [1.29, 1.82) is 0 Å². The predicted octanol–water partition coefficient (Wildman–Crippen LogP) is 3.67. The second-order valence-electron chi connectivity index (χ2n) is 4.84. The molecule has 0 bridgehead atoms.